The van der Waals surface area contributed by atoms with Crippen molar-refractivity contribution in [2.45, 2.75) is 63.4 Å². The first-order valence-corrected chi connectivity index (χ1v) is 16.4. The van der Waals surface area contributed by atoms with Crippen LogP contribution in [-0.2, 0) is 16.1 Å². The summed E-state index contributed by atoms with van der Waals surface area (Å²) in [6, 6.07) is 10.2. The molecule has 1 aliphatic carbocycles. The lowest BCUT2D eigenvalue weighted by Gasteiger charge is -2.25. The summed E-state index contributed by atoms with van der Waals surface area (Å²) >= 11 is 12.3. The molecule has 0 amide bonds. The zero-order valence-electron chi connectivity index (χ0n) is 23.9. The van der Waals surface area contributed by atoms with Gasteiger partial charge < -0.3 is 5.32 Å². The Morgan fingerprint density at radius 2 is 2.12 bits per heavy atom. The molecule has 1 fully saturated rings. The topological polar surface area (TPSA) is 81.3 Å². The highest BCUT2D eigenvalue weighted by Gasteiger charge is 2.26. The smallest absolute Gasteiger partial charge is 0.185 e. The number of pyridine rings is 1. The molecule has 4 N–H and O–H groups in total. The van der Waals surface area contributed by atoms with E-state index < -0.39 is 9.71 Å². The van der Waals surface area contributed by atoms with E-state index in [2.05, 4.69) is 74.6 Å². The van der Waals surface area contributed by atoms with Crippen LogP contribution in [0.15, 0.2) is 58.5 Å². The number of aryl methyl sites for hydroxylation is 2. The monoisotopic (exact) mass is 610 g/mol. The molecule has 218 valence electrons. The number of nitrogens with zero attached hydrogens (tertiary/aromatic N) is 2. The molecule has 2 aromatic rings. The van der Waals surface area contributed by atoms with Crippen LogP contribution in [0.5, 0.6) is 0 Å². The van der Waals surface area contributed by atoms with Crippen molar-refractivity contribution in [3.05, 3.63) is 75.5 Å². The summed E-state index contributed by atoms with van der Waals surface area (Å²) in [6.07, 6.45) is 13.3. The van der Waals surface area contributed by atoms with Crippen molar-refractivity contribution in [3.8, 4) is 12.3 Å². The number of nitrogens with one attached hydrogen (secondary N) is 4. The van der Waals surface area contributed by atoms with Gasteiger partial charge in [0.1, 0.15) is 0 Å². The van der Waals surface area contributed by atoms with Crippen molar-refractivity contribution in [1.82, 2.24) is 25.3 Å². The highest BCUT2D eigenvalue weighted by molar-refractivity contribution is 7.98. The normalized spacial score (nSPS) is 20.7. The number of anilines is 1. The number of allylic oxidation sites excluding steroid dienone is 2. The SMILES string of the molecule is C#C/C=C\C1=C(C)CCc2ccccc2C1NC(=S)NNc1nc(C)c(S(=C)(=O)NCC2CCCN2CC)cc1Cl. The molecule has 1 aromatic heterocycles. The molecular weight excluding hydrogens is 572 g/mol. The Kier molecular flexibility index (Phi) is 10.5. The van der Waals surface area contributed by atoms with Gasteiger partial charge in [-0.15, -0.1) is 6.42 Å². The van der Waals surface area contributed by atoms with E-state index in [0.717, 1.165) is 49.9 Å². The predicted molar refractivity (Wildman–Crippen MR) is 176 cm³/mol. The van der Waals surface area contributed by atoms with E-state index in [1.165, 1.54) is 11.1 Å². The van der Waals surface area contributed by atoms with Gasteiger partial charge in [-0.05, 0) is 106 Å². The molecule has 1 aliphatic heterocycles. The first-order valence-electron chi connectivity index (χ1n) is 13.9. The van der Waals surface area contributed by atoms with Crippen LogP contribution in [0.4, 0.5) is 5.82 Å². The summed E-state index contributed by atoms with van der Waals surface area (Å²) in [6.45, 7) is 8.73. The summed E-state index contributed by atoms with van der Waals surface area (Å²) in [5.74, 6) is 6.97. The van der Waals surface area contributed by atoms with Crippen LogP contribution in [-0.4, -0.2) is 50.8 Å². The van der Waals surface area contributed by atoms with Gasteiger partial charge in [-0.2, -0.15) is 0 Å². The van der Waals surface area contributed by atoms with Gasteiger partial charge >= 0.3 is 0 Å². The number of likely N-dealkylation sites (tertiary alicyclic amines) is 1. The standard InChI is InChI=1S/C31H39ClN6OS2/c1-6-8-14-25-21(3)16-17-23-12-9-10-15-26(23)29(25)35-31(40)37-36-30-27(32)19-28(22(4)34-30)41(5,39)33-20-24-13-11-18-38(24)7-2/h1,8-10,12,14-15,19,24,29H,5,7,11,13,16-18,20H2,2-4H3,(H,33,39)(H,34,36)(H2,35,37,40)/b14-8-. The number of hydrogen-bond donors (Lipinski definition) is 4. The molecule has 0 saturated carbocycles. The van der Waals surface area contributed by atoms with E-state index in [1.54, 1.807) is 19.1 Å². The minimum atomic E-state index is -2.79. The Balaban J connectivity index is 1.46. The van der Waals surface area contributed by atoms with Crippen LogP contribution in [0.2, 0.25) is 5.02 Å². The van der Waals surface area contributed by atoms with Gasteiger partial charge in [0, 0.05) is 12.6 Å². The molecule has 3 atom stereocenters. The maximum absolute atomic E-state index is 13.5. The van der Waals surface area contributed by atoms with Gasteiger partial charge in [-0.1, -0.05) is 54.3 Å². The number of fused-ring (bicyclic) bond motifs is 1. The van der Waals surface area contributed by atoms with Crippen molar-refractivity contribution in [2.75, 3.05) is 25.1 Å². The minimum Gasteiger partial charge on any atom is -0.350 e. The molecule has 7 nitrogen and oxygen atoms in total. The van der Waals surface area contributed by atoms with E-state index >= 15 is 0 Å². The Morgan fingerprint density at radius 3 is 2.88 bits per heavy atom. The number of hydrazine groups is 1. The highest BCUT2D eigenvalue weighted by Crippen LogP contribution is 2.34. The van der Waals surface area contributed by atoms with Crippen molar-refractivity contribution in [3.63, 3.8) is 0 Å². The molecule has 2 aliphatic rings. The molecule has 41 heavy (non-hydrogen) atoms. The lowest BCUT2D eigenvalue weighted by atomic mass is 9.94. The Bertz CT molecular complexity index is 1490. The molecule has 0 bridgehead atoms. The van der Waals surface area contributed by atoms with E-state index in [1.807, 2.05) is 12.1 Å². The van der Waals surface area contributed by atoms with Gasteiger partial charge in [0.25, 0.3) is 0 Å². The van der Waals surface area contributed by atoms with E-state index in [4.69, 9.17) is 30.2 Å². The third kappa shape index (κ3) is 7.51. The molecule has 0 radical (unpaired) electrons. The molecule has 4 rings (SSSR count). The minimum absolute atomic E-state index is 0.182. The second-order valence-electron chi connectivity index (χ2n) is 10.4. The first-order chi connectivity index (χ1) is 19.6. The Labute approximate surface area is 255 Å². The third-order valence-electron chi connectivity index (χ3n) is 7.80. The van der Waals surface area contributed by atoms with Gasteiger partial charge in [0.2, 0.25) is 0 Å². The summed E-state index contributed by atoms with van der Waals surface area (Å²) in [4.78, 5) is 7.48. The summed E-state index contributed by atoms with van der Waals surface area (Å²) in [7, 11) is -2.79. The highest BCUT2D eigenvalue weighted by atomic mass is 35.5. The number of benzene rings is 1. The van der Waals surface area contributed by atoms with Gasteiger partial charge in [0.15, 0.2) is 10.9 Å². The van der Waals surface area contributed by atoms with Crippen molar-refractivity contribution in [2.24, 2.45) is 0 Å². The number of halogens is 1. The lowest BCUT2D eigenvalue weighted by molar-refractivity contribution is 0.268. The largest absolute Gasteiger partial charge is 0.350 e. The fraction of sp³-hybridized carbons (Fsp3) is 0.387. The summed E-state index contributed by atoms with van der Waals surface area (Å²) in [5.41, 5.74) is 11.4. The zero-order chi connectivity index (χ0) is 29.6. The molecule has 10 heteroatoms. The van der Waals surface area contributed by atoms with Crippen LogP contribution in [0.3, 0.4) is 0 Å². The Hall–Kier alpha value is -2.87. The maximum Gasteiger partial charge on any atom is 0.185 e. The average Bonchev–Trinajstić information content (AvgIpc) is 3.37. The van der Waals surface area contributed by atoms with Crippen LogP contribution >= 0.6 is 23.8 Å². The van der Waals surface area contributed by atoms with E-state index in [-0.39, 0.29) is 6.04 Å². The van der Waals surface area contributed by atoms with Crippen molar-refractivity contribution in [1.29, 1.82) is 0 Å². The molecule has 1 saturated heterocycles. The quantitative estimate of drug-likeness (QED) is 0.179. The van der Waals surface area contributed by atoms with Crippen LogP contribution in [0.25, 0.3) is 0 Å². The van der Waals surface area contributed by atoms with Gasteiger partial charge in [-0.3, -0.25) is 15.8 Å². The maximum atomic E-state index is 13.5. The molecule has 3 unspecified atom stereocenters. The van der Waals surface area contributed by atoms with E-state index in [0.29, 0.717) is 39.1 Å². The number of rotatable bonds is 9. The van der Waals surface area contributed by atoms with Crippen LogP contribution in [0, 0.1) is 19.3 Å². The van der Waals surface area contributed by atoms with Gasteiger partial charge in [0.05, 0.1) is 31.4 Å². The molecular formula is C31H39ClN6OS2. The molecule has 0 spiro atoms. The van der Waals surface area contributed by atoms with Crippen molar-refractivity contribution < 1.29 is 4.21 Å². The Morgan fingerprint density at radius 1 is 1.34 bits per heavy atom. The van der Waals surface area contributed by atoms with Crippen LogP contribution in [0.1, 0.15) is 56.0 Å². The fourth-order valence-corrected chi connectivity index (χ4v) is 7.46. The van der Waals surface area contributed by atoms with E-state index in [9.17, 15) is 4.21 Å². The van der Waals surface area contributed by atoms with Gasteiger partial charge in [-0.25, -0.2) is 13.9 Å². The number of aromatic nitrogens is 1. The number of thiocarbonyl (C=S) groups is 1. The fourth-order valence-electron chi connectivity index (χ4n) is 5.58. The van der Waals surface area contributed by atoms with Crippen molar-refractivity contribution >= 4 is 50.3 Å². The second-order valence-corrected chi connectivity index (χ2v) is 13.3. The molecule has 1 aromatic carbocycles. The average molecular weight is 611 g/mol. The number of likely N-dealkylation sites (N-methyl/N-ethyl adjacent to an activating group) is 1. The second kappa shape index (κ2) is 13.9. The lowest BCUT2D eigenvalue weighted by Crippen LogP contribution is -2.41. The summed E-state index contributed by atoms with van der Waals surface area (Å²) < 4.78 is 16.7. The van der Waals surface area contributed by atoms with Crippen LogP contribution < -0.4 is 20.9 Å². The first kappa shape index (κ1) is 31.1. The number of terminal acetylenes is 1. The number of hydrogen-bond acceptors (Lipinski definition) is 5. The summed E-state index contributed by atoms with van der Waals surface area (Å²) in [5, 5.41) is 4.11. The zero-order valence-corrected chi connectivity index (χ0v) is 26.3. The predicted octanol–water partition coefficient (Wildman–Crippen LogP) is 5.09. The molecule has 2 heterocycles. The third-order valence-corrected chi connectivity index (χ3v) is 10.1.